The van der Waals surface area contributed by atoms with Gasteiger partial charge < -0.3 is 9.88 Å². The van der Waals surface area contributed by atoms with Crippen LogP contribution in [-0.2, 0) is 16.6 Å². The van der Waals surface area contributed by atoms with Gasteiger partial charge in [-0.2, -0.15) is 4.31 Å². The van der Waals surface area contributed by atoms with Gasteiger partial charge in [0.25, 0.3) is 5.91 Å². The maximum Gasteiger partial charge on any atom is 0.252 e. The molecule has 2 aromatic rings. The standard InChI is InChI=1S/C18H25ClN4O3S/c1-13(2)22(4)27(25,26)15-6-7-17(19)16(12-15)18(24)21-8-5-10-23-11-9-20-14(23)3/h6-7,9,11-13H,5,8,10H2,1-4H3,(H,21,24). The van der Waals surface area contributed by atoms with Crippen LogP contribution in [-0.4, -0.2) is 47.8 Å². The number of rotatable bonds is 8. The minimum atomic E-state index is -3.69. The maximum atomic E-state index is 12.6. The quantitative estimate of drug-likeness (QED) is 0.675. The summed E-state index contributed by atoms with van der Waals surface area (Å²) in [6.45, 7) is 6.65. The van der Waals surface area contributed by atoms with Gasteiger partial charge in [-0.05, 0) is 45.4 Å². The van der Waals surface area contributed by atoms with E-state index in [0.717, 1.165) is 12.4 Å². The SMILES string of the molecule is Cc1nccn1CCCNC(=O)c1cc(S(=O)(=O)N(C)C(C)C)ccc1Cl. The Labute approximate surface area is 165 Å². The highest BCUT2D eigenvalue weighted by Gasteiger charge is 2.25. The molecule has 1 aromatic heterocycles. The van der Waals surface area contributed by atoms with Crippen LogP contribution in [0.25, 0.3) is 0 Å². The molecule has 2 rings (SSSR count). The third-order valence-corrected chi connectivity index (χ3v) is 6.73. The molecule has 1 aromatic carbocycles. The number of sulfonamides is 1. The van der Waals surface area contributed by atoms with Crippen molar-refractivity contribution in [3.05, 3.63) is 47.0 Å². The van der Waals surface area contributed by atoms with Crippen LogP contribution >= 0.6 is 11.6 Å². The van der Waals surface area contributed by atoms with E-state index < -0.39 is 15.9 Å². The van der Waals surface area contributed by atoms with Gasteiger partial charge in [0, 0.05) is 38.6 Å². The highest BCUT2D eigenvalue weighted by atomic mass is 35.5. The molecule has 148 valence electrons. The molecule has 1 N–H and O–H groups in total. The molecule has 0 aliphatic rings. The molecular weight excluding hydrogens is 388 g/mol. The number of carbonyl (C=O) groups excluding carboxylic acids is 1. The first-order chi connectivity index (χ1) is 12.6. The fourth-order valence-electron chi connectivity index (χ4n) is 2.47. The Morgan fingerprint density at radius 3 is 2.67 bits per heavy atom. The van der Waals surface area contributed by atoms with E-state index in [1.54, 1.807) is 20.0 Å². The average molecular weight is 413 g/mol. The number of benzene rings is 1. The predicted molar refractivity (Wildman–Crippen MR) is 105 cm³/mol. The van der Waals surface area contributed by atoms with Gasteiger partial charge in [0.05, 0.1) is 15.5 Å². The second kappa shape index (κ2) is 8.86. The molecule has 9 heteroatoms. The first-order valence-electron chi connectivity index (χ1n) is 8.68. The van der Waals surface area contributed by atoms with E-state index in [1.165, 1.54) is 29.6 Å². The second-order valence-electron chi connectivity index (χ2n) is 6.53. The topological polar surface area (TPSA) is 84.3 Å². The molecule has 1 amide bonds. The lowest BCUT2D eigenvalue weighted by atomic mass is 10.2. The Kier molecular flexibility index (Phi) is 7.02. The number of nitrogens with one attached hydrogen (secondary N) is 1. The highest BCUT2D eigenvalue weighted by Crippen LogP contribution is 2.23. The van der Waals surface area contributed by atoms with Crippen LogP contribution in [0.4, 0.5) is 0 Å². The number of aromatic nitrogens is 2. The lowest BCUT2D eigenvalue weighted by molar-refractivity contribution is 0.0952. The lowest BCUT2D eigenvalue weighted by Gasteiger charge is -2.21. The average Bonchev–Trinajstić information content (AvgIpc) is 3.02. The summed E-state index contributed by atoms with van der Waals surface area (Å²) in [5, 5.41) is 3.00. The van der Waals surface area contributed by atoms with Crippen molar-refractivity contribution in [2.75, 3.05) is 13.6 Å². The molecule has 0 atom stereocenters. The molecule has 7 nitrogen and oxygen atoms in total. The van der Waals surface area contributed by atoms with Gasteiger partial charge in [0.1, 0.15) is 5.82 Å². The van der Waals surface area contributed by atoms with E-state index in [1.807, 2.05) is 17.7 Å². The van der Waals surface area contributed by atoms with E-state index in [9.17, 15) is 13.2 Å². The van der Waals surface area contributed by atoms with E-state index in [0.29, 0.717) is 13.0 Å². The van der Waals surface area contributed by atoms with Crippen LogP contribution in [0.15, 0.2) is 35.5 Å². The van der Waals surface area contributed by atoms with Crippen molar-refractivity contribution in [3.63, 3.8) is 0 Å². The lowest BCUT2D eigenvalue weighted by Crippen LogP contribution is -2.33. The van der Waals surface area contributed by atoms with Crippen molar-refractivity contribution in [1.29, 1.82) is 0 Å². The minimum Gasteiger partial charge on any atom is -0.352 e. The third kappa shape index (κ3) is 5.09. The fraction of sp³-hybridized carbons (Fsp3) is 0.444. The fourth-order valence-corrected chi connectivity index (χ4v) is 4.07. The monoisotopic (exact) mass is 412 g/mol. The van der Waals surface area contributed by atoms with Crippen LogP contribution < -0.4 is 5.32 Å². The van der Waals surface area contributed by atoms with Crippen molar-refractivity contribution in [2.45, 2.75) is 44.7 Å². The van der Waals surface area contributed by atoms with Gasteiger partial charge in [-0.1, -0.05) is 11.6 Å². The summed E-state index contributed by atoms with van der Waals surface area (Å²) >= 11 is 6.12. The Hall–Kier alpha value is -1.90. The molecule has 0 spiro atoms. The Balaban J connectivity index is 2.06. The largest absolute Gasteiger partial charge is 0.352 e. The summed E-state index contributed by atoms with van der Waals surface area (Å²) in [5.41, 5.74) is 0.147. The molecular formula is C18H25ClN4O3S. The first-order valence-corrected chi connectivity index (χ1v) is 10.5. The van der Waals surface area contributed by atoms with Crippen molar-refractivity contribution < 1.29 is 13.2 Å². The number of hydrogen-bond donors (Lipinski definition) is 1. The van der Waals surface area contributed by atoms with Crippen LogP contribution in [0.2, 0.25) is 5.02 Å². The summed E-state index contributed by atoms with van der Waals surface area (Å²) in [5.74, 6) is 0.517. The predicted octanol–water partition coefficient (Wildman–Crippen LogP) is 2.69. The minimum absolute atomic E-state index is 0.0438. The molecule has 0 bridgehead atoms. The number of aryl methyl sites for hydroxylation is 2. The molecule has 0 fully saturated rings. The van der Waals surface area contributed by atoms with Gasteiger partial charge in [0.15, 0.2) is 0 Å². The smallest absolute Gasteiger partial charge is 0.252 e. The molecule has 0 radical (unpaired) electrons. The van der Waals surface area contributed by atoms with Gasteiger partial charge in [0.2, 0.25) is 10.0 Å². The molecule has 0 saturated carbocycles. The van der Waals surface area contributed by atoms with Crippen molar-refractivity contribution >= 4 is 27.5 Å². The van der Waals surface area contributed by atoms with Gasteiger partial charge in [-0.25, -0.2) is 13.4 Å². The number of nitrogens with zero attached hydrogens (tertiary/aromatic N) is 3. The Morgan fingerprint density at radius 1 is 1.37 bits per heavy atom. The molecule has 1 heterocycles. The molecule has 0 saturated heterocycles. The molecule has 0 aliphatic heterocycles. The number of imidazole rings is 1. The Bertz CT molecular complexity index is 909. The third-order valence-electron chi connectivity index (χ3n) is 4.37. The zero-order valence-electron chi connectivity index (χ0n) is 15.9. The van der Waals surface area contributed by atoms with Crippen LogP contribution in [0.1, 0.15) is 36.5 Å². The van der Waals surface area contributed by atoms with Crippen molar-refractivity contribution in [2.24, 2.45) is 0 Å². The van der Waals surface area contributed by atoms with E-state index >= 15 is 0 Å². The van der Waals surface area contributed by atoms with E-state index in [-0.39, 0.29) is 21.5 Å². The molecule has 0 unspecified atom stereocenters. The van der Waals surface area contributed by atoms with Crippen LogP contribution in [0.5, 0.6) is 0 Å². The first kappa shape index (κ1) is 21.4. The number of carbonyl (C=O) groups is 1. The zero-order chi connectivity index (χ0) is 20.2. The normalized spacial score (nSPS) is 12.0. The van der Waals surface area contributed by atoms with Crippen LogP contribution in [0.3, 0.4) is 0 Å². The zero-order valence-corrected chi connectivity index (χ0v) is 17.5. The summed E-state index contributed by atoms with van der Waals surface area (Å²) in [7, 11) is -2.18. The number of halogens is 1. The summed E-state index contributed by atoms with van der Waals surface area (Å²) in [6.07, 6.45) is 4.33. The maximum absolute atomic E-state index is 12.6. The summed E-state index contributed by atoms with van der Waals surface area (Å²) < 4.78 is 28.5. The van der Waals surface area contributed by atoms with E-state index in [4.69, 9.17) is 11.6 Å². The van der Waals surface area contributed by atoms with Crippen molar-refractivity contribution in [3.8, 4) is 0 Å². The summed E-state index contributed by atoms with van der Waals surface area (Å²) in [6, 6.07) is 3.97. The molecule has 0 aliphatic carbocycles. The van der Waals surface area contributed by atoms with Gasteiger partial charge >= 0.3 is 0 Å². The molecule has 27 heavy (non-hydrogen) atoms. The summed E-state index contributed by atoms with van der Waals surface area (Å²) in [4.78, 5) is 16.6. The number of amides is 1. The van der Waals surface area contributed by atoms with Gasteiger partial charge in [-0.3, -0.25) is 4.79 Å². The van der Waals surface area contributed by atoms with E-state index in [2.05, 4.69) is 10.3 Å². The highest BCUT2D eigenvalue weighted by molar-refractivity contribution is 7.89. The second-order valence-corrected chi connectivity index (χ2v) is 8.94. The Morgan fingerprint density at radius 2 is 2.07 bits per heavy atom. The van der Waals surface area contributed by atoms with Crippen molar-refractivity contribution in [1.82, 2.24) is 19.2 Å². The van der Waals surface area contributed by atoms with Gasteiger partial charge in [-0.15, -0.1) is 0 Å². The number of hydrogen-bond acceptors (Lipinski definition) is 4. The van der Waals surface area contributed by atoms with Crippen LogP contribution in [0, 0.1) is 6.92 Å².